The Morgan fingerprint density at radius 3 is 2.85 bits per heavy atom. The second kappa shape index (κ2) is 7.47. The molecule has 4 aromatic rings. The zero-order chi connectivity index (χ0) is 22.6. The molecular weight excluding hydrogens is 442 g/mol. The van der Waals surface area contributed by atoms with Crippen LogP contribution in [-0.4, -0.2) is 32.2 Å². The monoisotopic (exact) mass is 461 g/mol. The summed E-state index contributed by atoms with van der Waals surface area (Å²) < 4.78 is 8.08. The highest BCUT2D eigenvalue weighted by atomic mass is 35.5. The van der Waals surface area contributed by atoms with Crippen LogP contribution in [0.4, 0.5) is 17.2 Å². The Morgan fingerprint density at radius 2 is 2.06 bits per heavy atom. The number of rotatable bonds is 6. The van der Waals surface area contributed by atoms with Crippen molar-refractivity contribution in [1.29, 1.82) is 0 Å². The number of aliphatic hydroxyl groups is 1. The van der Waals surface area contributed by atoms with Crippen molar-refractivity contribution < 1.29 is 14.6 Å². The van der Waals surface area contributed by atoms with Gasteiger partial charge in [-0.15, -0.1) is 0 Å². The van der Waals surface area contributed by atoms with E-state index in [2.05, 4.69) is 20.6 Å². The molecule has 0 atom stereocenters. The van der Waals surface area contributed by atoms with Gasteiger partial charge < -0.3 is 25.0 Å². The van der Waals surface area contributed by atoms with Crippen LogP contribution >= 0.6 is 11.6 Å². The van der Waals surface area contributed by atoms with Crippen LogP contribution in [0.25, 0.3) is 11.0 Å². The van der Waals surface area contributed by atoms with Gasteiger partial charge >= 0.3 is 0 Å². The molecule has 33 heavy (non-hydrogen) atoms. The average molecular weight is 462 g/mol. The highest BCUT2D eigenvalue weighted by molar-refractivity contribution is 6.32. The summed E-state index contributed by atoms with van der Waals surface area (Å²) in [5.41, 5.74) is 3.58. The molecule has 1 aliphatic heterocycles. The first-order valence-corrected chi connectivity index (χ1v) is 11.1. The molecule has 1 aliphatic carbocycles. The highest BCUT2D eigenvalue weighted by Crippen LogP contribution is 2.58. The molecule has 2 aromatic carbocycles. The van der Waals surface area contributed by atoms with Crippen molar-refractivity contribution >= 4 is 45.7 Å². The lowest BCUT2D eigenvalue weighted by Gasteiger charge is -2.15. The Hall–Kier alpha value is -3.62. The summed E-state index contributed by atoms with van der Waals surface area (Å²) in [5, 5.41) is 16.0. The van der Waals surface area contributed by atoms with Gasteiger partial charge in [0.15, 0.2) is 5.82 Å². The molecule has 2 aliphatic rings. The number of halogens is 1. The van der Waals surface area contributed by atoms with Crippen LogP contribution in [0.1, 0.15) is 18.4 Å². The number of carbonyl (C=O) groups is 1. The Bertz CT molecular complexity index is 1410. The predicted octanol–water partition coefficient (Wildman–Crippen LogP) is 4.60. The van der Waals surface area contributed by atoms with Gasteiger partial charge in [0.1, 0.15) is 23.3 Å². The second-order valence-corrected chi connectivity index (χ2v) is 8.68. The molecule has 166 valence electrons. The summed E-state index contributed by atoms with van der Waals surface area (Å²) in [5.74, 6) is 1.80. The Kier molecular flexibility index (Phi) is 4.53. The van der Waals surface area contributed by atoms with Crippen LogP contribution < -0.4 is 15.4 Å². The second-order valence-electron chi connectivity index (χ2n) is 8.28. The molecule has 0 bridgehead atoms. The minimum Gasteiger partial charge on any atom is -0.455 e. The maximum absolute atomic E-state index is 12.4. The number of carbonyl (C=O) groups excluding carboxylic acids is 1. The van der Waals surface area contributed by atoms with E-state index in [1.54, 1.807) is 12.1 Å². The van der Waals surface area contributed by atoms with Gasteiger partial charge in [-0.2, -0.15) is 0 Å². The molecule has 8 nitrogen and oxygen atoms in total. The number of ether oxygens (including phenoxy) is 1. The van der Waals surface area contributed by atoms with Crippen LogP contribution in [0, 0.1) is 0 Å². The zero-order valence-electron chi connectivity index (χ0n) is 17.5. The summed E-state index contributed by atoms with van der Waals surface area (Å²) in [6.45, 7) is 0.459. The molecule has 0 radical (unpaired) electrons. The lowest BCUT2D eigenvalue weighted by molar-refractivity contribution is -0.117. The maximum atomic E-state index is 12.4. The van der Waals surface area contributed by atoms with E-state index in [9.17, 15) is 9.90 Å². The number of aromatic nitrogens is 3. The number of hydrogen-bond donors (Lipinski definition) is 3. The zero-order valence-corrected chi connectivity index (χ0v) is 18.3. The fourth-order valence-corrected chi connectivity index (χ4v) is 4.73. The SMILES string of the molecule is O=C1Nc2cccc(Oc3ccc(Nc4ncnc5ccn(CCO)c45)cc3Cl)c2C12CC2. The van der Waals surface area contributed by atoms with Crippen molar-refractivity contribution in [2.45, 2.75) is 24.8 Å². The Morgan fingerprint density at radius 1 is 1.18 bits per heavy atom. The van der Waals surface area contributed by atoms with Crippen LogP contribution in [0.15, 0.2) is 55.0 Å². The van der Waals surface area contributed by atoms with E-state index in [4.69, 9.17) is 16.3 Å². The van der Waals surface area contributed by atoms with Gasteiger partial charge in [0, 0.05) is 29.7 Å². The number of benzene rings is 2. The summed E-state index contributed by atoms with van der Waals surface area (Å²) in [6.07, 6.45) is 5.02. The molecule has 3 heterocycles. The third kappa shape index (κ3) is 3.21. The smallest absolute Gasteiger partial charge is 0.235 e. The molecule has 1 amide bonds. The third-order valence-electron chi connectivity index (χ3n) is 6.24. The number of aliphatic hydroxyl groups excluding tert-OH is 1. The predicted molar refractivity (Wildman–Crippen MR) is 125 cm³/mol. The minimum atomic E-state index is -0.457. The molecule has 3 N–H and O–H groups in total. The normalized spacial score (nSPS) is 15.5. The fraction of sp³-hybridized carbons (Fsp3) is 0.208. The summed E-state index contributed by atoms with van der Waals surface area (Å²) >= 11 is 6.57. The standard InChI is InChI=1S/C24H20ClN5O3/c25-15-12-14(28-22-21-17(26-13-27-22)6-9-30(21)10-11-31)4-5-18(15)33-19-3-1-2-16-20(19)24(7-8-24)23(32)29-16/h1-6,9,12-13,31H,7-8,10-11H2,(H,29,32)(H,26,27,28). The minimum absolute atomic E-state index is 0.0154. The van der Waals surface area contributed by atoms with Gasteiger partial charge in [0.2, 0.25) is 5.91 Å². The number of nitrogens with zero attached hydrogens (tertiary/aromatic N) is 3. The van der Waals surface area contributed by atoms with Crippen molar-refractivity contribution in [2.75, 3.05) is 17.2 Å². The summed E-state index contributed by atoms with van der Waals surface area (Å²) in [4.78, 5) is 21.1. The number of anilines is 3. The molecule has 2 aromatic heterocycles. The molecule has 1 spiro atoms. The van der Waals surface area contributed by atoms with Crippen molar-refractivity contribution in [2.24, 2.45) is 0 Å². The van der Waals surface area contributed by atoms with Crippen molar-refractivity contribution in [3.05, 3.63) is 65.6 Å². The summed E-state index contributed by atoms with van der Waals surface area (Å²) in [7, 11) is 0. The van der Waals surface area contributed by atoms with Crippen molar-refractivity contribution in [1.82, 2.24) is 14.5 Å². The molecule has 0 saturated heterocycles. The largest absolute Gasteiger partial charge is 0.455 e. The van der Waals surface area contributed by atoms with E-state index < -0.39 is 5.41 Å². The van der Waals surface area contributed by atoms with E-state index >= 15 is 0 Å². The molecular formula is C24H20ClN5O3. The Balaban J connectivity index is 1.29. The molecule has 1 fully saturated rings. The van der Waals surface area contributed by atoms with Gasteiger partial charge in [-0.25, -0.2) is 9.97 Å². The van der Waals surface area contributed by atoms with Crippen molar-refractivity contribution in [3.8, 4) is 11.5 Å². The first-order chi connectivity index (χ1) is 16.1. The first kappa shape index (κ1) is 20.0. The van der Waals surface area contributed by atoms with E-state index in [0.29, 0.717) is 28.9 Å². The Labute approximate surface area is 194 Å². The van der Waals surface area contributed by atoms with Crippen LogP contribution in [0.3, 0.4) is 0 Å². The van der Waals surface area contributed by atoms with Gasteiger partial charge in [0.25, 0.3) is 0 Å². The molecule has 6 rings (SSSR count). The van der Waals surface area contributed by atoms with Gasteiger partial charge in [-0.1, -0.05) is 17.7 Å². The van der Waals surface area contributed by atoms with Gasteiger partial charge in [-0.05, 0) is 49.2 Å². The first-order valence-electron chi connectivity index (χ1n) is 10.7. The molecule has 9 heteroatoms. The summed E-state index contributed by atoms with van der Waals surface area (Å²) in [6, 6.07) is 12.9. The van der Waals surface area contributed by atoms with E-state index in [-0.39, 0.29) is 12.5 Å². The number of nitrogens with one attached hydrogen (secondary N) is 2. The van der Waals surface area contributed by atoms with Gasteiger partial charge in [0.05, 0.1) is 22.6 Å². The number of fused-ring (bicyclic) bond motifs is 3. The lowest BCUT2D eigenvalue weighted by atomic mass is 9.97. The van der Waals surface area contributed by atoms with E-state index in [0.717, 1.165) is 40.8 Å². The average Bonchev–Trinajstić information content (AvgIpc) is 3.42. The maximum Gasteiger partial charge on any atom is 0.235 e. The van der Waals surface area contributed by atoms with Crippen LogP contribution in [-0.2, 0) is 16.8 Å². The number of hydrogen-bond acceptors (Lipinski definition) is 6. The van der Waals surface area contributed by atoms with E-state index in [1.807, 2.05) is 41.1 Å². The van der Waals surface area contributed by atoms with Crippen LogP contribution in [0.5, 0.6) is 11.5 Å². The molecule has 0 unspecified atom stereocenters. The number of amides is 1. The lowest BCUT2D eigenvalue weighted by Crippen LogP contribution is -2.18. The van der Waals surface area contributed by atoms with Crippen molar-refractivity contribution in [3.63, 3.8) is 0 Å². The highest BCUT2D eigenvalue weighted by Gasteiger charge is 2.57. The van der Waals surface area contributed by atoms with Crippen LogP contribution in [0.2, 0.25) is 5.02 Å². The fourth-order valence-electron chi connectivity index (χ4n) is 4.51. The molecule has 1 saturated carbocycles. The quantitative estimate of drug-likeness (QED) is 0.388. The topological polar surface area (TPSA) is 101 Å². The third-order valence-corrected chi connectivity index (χ3v) is 6.54. The van der Waals surface area contributed by atoms with E-state index in [1.165, 1.54) is 6.33 Å². The van der Waals surface area contributed by atoms with Gasteiger partial charge in [-0.3, -0.25) is 4.79 Å².